The Balaban J connectivity index is 1.99. The van der Waals surface area contributed by atoms with Gasteiger partial charge in [0.1, 0.15) is 5.75 Å². The van der Waals surface area contributed by atoms with E-state index in [-0.39, 0.29) is 17.2 Å². The molecule has 21 heavy (non-hydrogen) atoms. The van der Waals surface area contributed by atoms with Gasteiger partial charge in [-0.1, -0.05) is 18.2 Å². The van der Waals surface area contributed by atoms with Gasteiger partial charge in [-0.05, 0) is 25.0 Å². The van der Waals surface area contributed by atoms with Crippen molar-refractivity contribution in [1.82, 2.24) is 9.13 Å². The molecule has 5 nitrogen and oxygen atoms in total. The molecule has 1 aromatic carbocycles. The van der Waals surface area contributed by atoms with Crippen molar-refractivity contribution in [2.75, 3.05) is 6.61 Å². The van der Waals surface area contributed by atoms with Crippen LogP contribution >= 0.6 is 0 Å². The molecule has 110 valence electrons. The largest absolute Gasteiger partial charge is 0.493 e. The molecular weight excluding hydrogens is 268 g/mol. The van der Waals surface area contributed by atoms with Crippen LogP contribution in [0.15, 0.2) is 46.1 Å². The van der Waals surface area contributed by atoms with E-state index in [0.29, 0.717) is 19.7 Å². The van der Waals surface area contributed by atoms with Gasteiger partial charge in [0.05, 0.1) is 6.61 Å². The molecule has 5 heteroatoms. The van der Waals surface area contributed by atoms with Gasteiger partial charge in [0.15, 0.2) is 0 Å². The zero-order chi connectivity index (χ0) is 14.8. The number of hydrogen-bond acceptors (Lipinski definition) is 3. The lowest BCUT2D eigenvalue weighted by molar-refractivity contribution is 0.256. The van der Waals surface area contributed by atoms with Crippen LogP contribution in [0.1, 0.15) is 24.8 Å². The number of hydrogen-bond donors (Lipinski definition) is 0. The molecular formula is C16H18N2O3. The minimum Gasteiger partial charge on any atom is -0.493 e. The van der Waals surface area contributed by atoms with Gasteiger partial charge in [0.25, 0.3) is 5.56 Å². The lowest BCUT2D eigenvalue weighted by Crippen LogP contribution is -2.40. The topological polar surface area (TPSA) is 53.2 Å². The van der Waals surface area contributed by atoms with E-state index in [4.69, 9.17) is 4.74 Å². The molecule has 2 heterocycles. The van der Waals surface area contributed by atoms with Gasteiger partial charge >= 0.3 is 5.69 Å². The van der Waals surface area contributed by atoms with Crippen molar-refractivity contribution >= 4 is 0 Å². The van der Waals surface area contributed by atoms with Crippen molar-refractivity contribution in [3.05, 3.63) is 62.9 Å². The highest BCUT2D eigenvalue weighted by molar-refractivity contribution is 5.37. The van der Waals surface area contributed by atoms with E-state index in [1.54, 1.807) is 10.8 Å². The molecule has 0 aliphatic carbocycles. The Morgan fingerprint density at radius 1 is 1.24 bits per heavy atom. The first kappa shape index (κ1) is 13.7. The summed E-state index contributed by atoms with van der Waals surface area (Å²) in [7, 11) is 0. The number of aromatic nitrogens is 2. The second-order valence-electron chi connectivity index (χ2n) is 5.21. The quantitative estimate of drug-likeness (QED) is 0.861. The van der Waals surface area contributed by atoms with Crippen molar-refractivity contribution in [3.63, 3.8) is 0 Å². The number of benzene rings is 1. The van der Waals surface area contributed by atoms with Crippen LogP contribution in [-0.2, 0) is 13.1 Å². The lowest BCUT2D eigenvalue weighted by Gasteiger charge is -2.26. The van der Waals surface area contributed by atoms with Crippen LogP contribution in [0, 0.1) is 0 Å². The Bertz CT molecular complexity index is 761. The number of para-hydroxylation sites is 1. The Hall–Kier alpha value is -2.30. The van der Waals surface area contributed by atoms with E-state index >= 15 is 0 Å². The fraction of sp³-hybridized carbons (Fsp3) is 0.375. The lowest BCUT2D eigenvalue weighted by atomic mass is 9.93. The predicted molar refractivity (Wildman–Crippen MR) is 79.9 cm³/mol. The molecule has 1 aliphatic rings. The first-order valence-electron chi connectivity index (χ1n) is 7.22. The van der Waals surface area contributed by atoms with E-state index in [1.165, 1.54) is 10.6 Å². The molecule has 0 amide bonds. The van der Waals surface area contributed by atoms with Gasteiger partial charge in [0, 0.05) is 31.3 Å². The molecule has 1 atom stereocenters. The molecule has 3 rings (SSSR count). The molecule has 0 fully saturated rings. The predicted octanol–water partition coefficient (Wildman–Crippen LogP) is 1.60. The summed E-state index contributed by atoms with van der Waals surface area (Å²) < 4.78 is 8.50. The van der Waals surface area contributed by atoms with Gasteiger partial charge in [-0.2, -0.15) is 0 Å². The average Bonchev–Trinajstić information content (AvgIpc) is 2.52. The number of ether oxygens (including phenoxy) is 1. The summed E-state index contributed by atoms with van der Waals surface area (Å²) in [5.41, 5.74) is 0.588. The Labute approximate surface area is 122 Å². The van der Waals surface area contributed by atoms with Crippen molar-refractivity contribution < 1.29 is 4.74 Å². The third-order valence-corrected chi connectivity index (χ3v) is 3.97. The fourth-order valence-corrected chi connectivity index (χ4v) is 2.79. The Morgan fingerprint density at radius 3 is 2.86 bits per heavy atom. The normalized spacial score (nSPS) is 17.1. The number of nitrogens with zero attached hydrogens (tertiary/aromatic N) is 2. The zero-order valence-corrected chi connectivity index (χ0v) is 12.0. The second kappa shape index (κ2) is 5.60. The van der Waals surface area contributed by atoms with Crippen molar-refractivity contribution in [3.8, 4) is 5.75 Å². The first-order valence-corrected chi connectivity index (χ1v) is 7.22. The van der Waals surface area contributed by atoms with Crippen LogP contribution in [0.4, 0.5) is 0 Å². The highest BCUT2D eigenvalue weighted by atomic mass is 16.5. The van der Waals surface area contributed by atoms with E-state index in [0.717, 1.165) is 17.7 Å². The van der Waals surface area contributed by atoms with Crippen molar-refractivity contribution in [2.45, 2.75) is 32.4 Å². The highest BCUT2D eigenvalue weighted by Crippen LogP contribution is 2.33. The maximum absolute atomic E-state index is 12.3. The van der Waals surface area contributed by atoms with Crippen LogP contribution in [0.25, 0.3) is 0 Å². The second-order valence-corrected chi connectivity index (χ2v) is 5.21. The summed E-state index contributed by atoms with van der Waals surface area (Å²) in [4.78, 5) is 24.3. The average molecular weight is 286 g/mol. The minimum atomic E-state index is -0.242. The zero-order valence-electron chi connectivity index (χ0n) is 12.0. The maximum Gasteiger partial charge on any atom is 0.330 e. The minimum absolute atomic E-state index is 0.132. The molecule has 0 N–H and O–H groups in total. The van der Waals surface area contributed by atoms with Crippen LogP contribution in [0.3, 0.4) is 0 Å². The summed E-state index contributed by atoms with van der Waals surface area (Å²) >= 11 is 0. The molecule has 2 aromatic rings. The summed E-state index contributed by atoms with van der Waals surface area (Å²) in [5, 5.41) is 0. The molecule has 0 radical (unpaired) electrons. The number of aryl methyl sites for hydroxylation is 1. The molecule has 0 saturated carbocycles. The Kier molecular flexibility index (Phi) is 3.64. The molecule has 0 bridgehead atoms. The standard InChI is InChI=1S/C16H18N2O3/c1-2-17-9-7-15(19)18(16(17)20)11-12-8-10-21-14-6-4-3-5-13(12)14/h3-7,9,12H,2,8,10-11H2,1H3. The molecule has 1 unspecified atom stereocenters. The Morgan fingerprint density at radius 2 is 2.05 bits per heavy atom. The third-order valence-electron chi connectivity index (χ3n) is 3.97. The third kappa shape index (κ3) is 2.51. The fourth-order valence-electron chi connectivity index (χ4n) is 2.79. The monoisotopic (exact) mass is 286 g/mol. The van der Waals surface area contributed by atoms with E-state index in [1.807, 2.05) is 31.2 Å². The summed E-state index contributed by atoms with van der Waals surface area (Å²) in [5.74, 6) is 0.988. The van der Waals surface area contributed by atoms with Crippen LogP contribution < -0.4 is 16.0 Å². The molecule has 1 aliphatic heterocycles. The summed E-state index contributed by atoms with van der Waals surface area (Å²) in [6.07, 6.45) is 2.36. The van der Waals surface area contributed by atoms with Gasteiger partial charge in [0.2, 0.25) is 0 Å². The van der Waals surface area contributed by atoms with Gasteiger partial charge < -0.3 is 9.30 Å². The maximum atomic E-state index is 12.3. The summed E-state index contributed by atoms with van der Waals surface area (Å²) in [6.45, 7) is 3.47. The van der Waals surface area contributed by atoms with E-state index < -0.39 is 0 Å². The summed E-state index contributed by atoms with van der Waals surface area (Å²) in [6, 6.07) is 9.28. The smallest absolute Gasteiger partial charge is 0.330 e. The van der Waals surface area contributed by atoms with Crippen molar-refractivity contribution in [2.24, 2.45) is 0 Å². The van der Waals surface area contributed by atoms with Gasteiger partial charge in [-0.25, -0.2) is 4.79 Å². The van der Waals surface area contributed by atoms with E-state index in [2.05, 4.69) is 0 Å². The van der Waals surface area contributed by atoms with Crippen molar-refractivity contribution in [1.29, 1.82) is 0 Å². The SMILES string of the molecule is CCn1ccc(=O)n(CC2CCOc3ccccc32)c1=O. The number of rotatable bonds is 3. The van der Waals surface area contributed by atoms with E-state index in [9.17, 15) is 9.59 Å². The van der Waals surface area contributed by atoms with Crippen LogP contribution in [-0.4, -0.2) is 15.7 Å². The first-order chi connectivity index (χ1) is 10.2. The van der Waals surface area contributed by atoms with Gasteiger partial charge in [-0.15, -0.1) is 0 Å². The molecule has 0 saturated heterocycles. The van der Waals surface area contributed by atoms with Crippen LogP contribution in [0.5, 0.6) is 5.75 Å². The van der Waals surface area contributed by atoms with Gasteiger partial charge in [-0.3, -0.25) is 9.36 Å². The number of fused-ring (bicyclic) bond motifs is 1. The molecule has 0 spiro atoms. The molecule has 1 aromatic heterocycles. The highest BCUT2D eigenvalue weighted by Gasteiger charge is 2.22. The van der Waals surface area contributed by atoms with Crippen LogP contribution in [0.2, 0.25) is 0 Å².